The number of ether oxygens (including phenoxy) is 3. The van der Waals surface area contributed by atoms with Gasteiger partial charge in [0.1, 0.15) is 0 Å². The standard InChI is InChI=1S/C21H28F2O10S2/c1-8(17(24)31-10(3)21(22,23)35(28,29)30)9(2)18(25)32-14-13-15-11(19(26)33-13)12(16(14)34-15)20(27)6-4-5-7-20/h8-16,27H,4-7H2,1-3H3,(H,28,29,30). The average molecular weight is 543 g/mol. The topological polar surface area (TPSA) is 154 Å². The highest BCUT2D eigenvalue weighted by Gasteiger charge is 2.72. The van der Waals surface area contributed by atoms with Crippen LogP contribution in [0.25, 0.3) is 0 Å². The van der Waals surface area contributed by atoms with Gasteiger partial charge in [-0.1, -0.05) is 26.7 Å². The number of esters is 3. The summed E-state index contributed by atoms with van der Waals surface area (Å²) in [5.74, 6) is -5.90. The molecule has 0 amide bonds. The summed E-state index contributed by atoms with van der Waals surface area (Å²) >= 11 is 1.46. The molecule has 3 aliphatic heterocycles. The number of carbonyl (C=O) groups excluding carboxylic acids is 3. The number of carbonyl (C=O) groups is 3. The van der Waals surface area contributed by atoms with Crippen LogP contribution in [0.5, 0.6) is 0 Å². The van der Waals surface area contributed by atoms with E-state index >= 15 is 0 Å². The van der Waals surface area contributed by atoms with E-state index in [1.165, 1.54) is 25.6 Å². The molecule has 14 heteroatoms. The smallest absolute Gasteiger partial charge is 0.405 e. The molecule has 198 valence electrons. The second-order valence-corrected chi connectivity index (χ2v) is 12.8. The van der Waals surface area contributed by atoms with Gasteiger partial charge in [0.05, 0.1) is 33.9 Å². The zero-order valence-corrected chi connectivity index (χ0v) is 20.9. The summed E-state index contributed by atoms with van der Waals surface area (Å²) in [4.78, 5) is 37.8. The van der Waals surface area contributed by atoms with E-state index in [-0.39, 0.29) is 10.5 Å². The Morgan fingerprint density at radius 2 is 1.71 bits per heavy atom. The lowest BCUT2D eigenvalue weighted by Crippen LogP contribution is -2.53. The second-order valence-electron chi connectivity index (χ2n) is 9.92. The maximum absolute atomic E-state index is 13.7. The molecule has 2 bridgehead atoms. The minimum atomic E-state index is -5.82. The predicted molar refractivity (Wildman–Crippen MR) is 116 cm³/mol. The third-order valence-corrected chi connectivity index (χ3v) is 10.6. The molecule has 0 aromatic rings. The molecule has 9 atom stereocenters. The van der Waals surface area contributed by atoms with Gasteiger partial charge in [-0.25, -0.2) is 0 Å². The molecular weight excluding hydrogens is 514 g/mol. The first-order chi connectivity index (χ1) is 16.1. The lowest BCUT2D eigenvalue weighted by molar-refractivity contribution is -0.174. The van der Waals surface area contributed by atoms with Gasteiger partial charge in [0.2, 0.25) is 0 Å². The Morgan fingerprint density at radius 1 is 1.14 bits per heavy atom. The molecule has 3 saturated heterocycles. The van der Waals surface area contributed by atoms with Gasteiger partial charge in [-0.3, -0.25) is 18.9 Å². The van der Waals surface area contributed by atoms with Crippen LogP contribution in [-0.2, 0) is 38.7 Å². The highest BCUT2D eigenvalue weighted by molar-refractivity contribution is 8.01. The number of hydrogen-bond donors (Lipinski definition) is 2. The third kappa shape index (κ3) is 4.23. The number of alkyl halides is 2. The van der Waals surface area contributed by atoms with Crippen LogP contribution in [0.15, 0.2) is 0 Å². The summed E-state index contributed by atoms with van der Waals surface area (Å²) in [5.41, 5.74) is -1.05. The van der Waals surface area contributed by atoms with Crippen molar-refractivity contribution in [2.75, 3.05) is 0 Å². The fourth-order valence-corrected chi connectivity index (χ4v) is 8.23. The van der Waals surface area contributed by atoms with Crippen LogP contribution >= 0.6 is 11.8 Å². The monoisotopic (exact) mass is 542 g/mol. The molecule has 1 aliphatic carbocycles. The molecule has 4 fully saturated rings. The van der Waals surface area contributed by atoms with Crippen molar-refractivity contribution in [3.05, 3.63) is 0 Å². The van der Waals surface area contributed by atoms with Crippen LogP contribution in [-0.4, -0.2) is 75.7 Å². The van der Waals surface area contributed by atoms with Crippen molar-refractivity contribution in [1.29, 1.82) is 0 Å². The molecule has 1 saturated carbocycles. The maximum Gasteiger partial charge on any atom is 0.405 e. The Bertz CT molecular complexity index is 1010. The molecule has 2 N–H and O–H groups in total. The minimum absolute atomic E-state index is 0.249. The summed E-state index contributed by atoms with van der Waals surface area (Å²) in [6.45, 7) is 3.16. The molecular formula is C21H28F2O10S2. The fourth-order valence-electron chi connectivity index (χ4n) is 5.63. The summed E-state index contributed by atoms with van der Waals surface area (Å²) < 4.78 is 73.5. The molecule has 0 spiro atoms. The van der Waals surface area contributed by atoms with Crippen molar-refractivity contribution < 1.29 is 55.5 Å². The van der Waals surface area contributed by atoms with E-state index in [1.807, 2.05) is 0 Å². The van der Waals surface area contributed by atoms with Crippen molar-refractivity contribution in [3.63, 3.8) is 0 Å². The Morgan fingerprint density at radius 3 is 2.29 bits per heavy atom. The SMILES string of the molecule is CC(C(=O)OC1C2OC(=O)C3C2SC1C3C1(O)CCCC1)C(C)C(=O)OC(C)C(F)(F)S(=O)(=O)O. The third-order valence-electron chi connectivity index (χ3n) is 7.85. The van der Waals surface area contributed by atoms with E-state index in [0.717, 1.165) is 12.8 Å². The number of fused-ring (bicyclic) bond motifs is 1. The maximum atomic E-state index is 13.7. The second kappa shape index (κ2) is 8.80. The van der Waals surface area contributed by atoms with E-state index in [4.69, 9.17) is 14.0 Å². The van der Waals surface area contributed by atoms with Gasteiger partial charge in [0, 0.05) is 5.92 Å². The van der Waals surface area contributed by atoms with E-state index in [0.29, 0.717) is 19.8 Å². The first kappa shape index (κ1) is 26.6. The molecule has 3 heterocycles. The van der Waals surface area contributed by atoms with Crippen LogP contribution in [0.1, 0.15) is 46.5 Å². The number of hydrogen-bond acceptors (Lipinski definition) is 10. The lowest BCUT2D eigenvalue weighted by Gasteiger charge is -2.39. The van der Waals surface area contributed by atoms with Crippen LogP contribution in [0.4, 0.5) is 8.78 Å². The van der Waals surface area contributed by atoms with Crippen LogP contribution in [0, 0.1) is 23.7 Å². The summed E-state index contributed by atoms with van der Waals surface area (Å²) in [7, 11) is -5.82. The van der Waals surface area contributed by atoms with E-state index in [9.17, 15) is 36.7 Å². The normalized spacial score (nSPS) is 35.9. The van der Waals surface area contributed by atoms with Crippen LogP contribution in [0.3, 0.4) is 0 Å². The van der Waals surface area contributed by atoms with E-state index in [2.05, 4.69) is 4.74 Å². The number of rotatable bonds is 8. The average Bonchev–Trinajstić information content (AvgIpc) is 3.50. The van der Waals surface area contributed by atoms with Gasteiger partial charge < -0.3 is 19.3 Å². The lowest BCUT2D eigenvalue weighted by atomic mass is 9.69. The Kier molecular flexibility index (Phi) is 6.68. The Balaban J connectivity index is 1.43. The molecule has 4 aliphatic rings. The number of halogens is 2. The molecule has 0 aromatic heterocycles. The molecule has 10 nitrogen and oxygen atoms in total. The molecule has 9 unspecified atom stereocenters. The van der Waals surface area contributed by atoms with Gasteiger partial charge in [-0.15, -0.1) is 11.8 Å². The Hall–Kier alpha value is -1.51. The van der Waals surface area contributed by atoms with E-state index < -0.39 is 80.9 Å². The minimum Gasteiger partial charge on any atom is -0.457 e. The van der Waals surface area contributed by atoms with Crippen molar-refractivity contribution in [3.8, 4) is 0 Å². The van der Waals surface area contributed by atoms with Crippen molar-refractivity contribution >= 4 is 39.8 Å². The van der Waals surface area contributed by atoms with Gasteiger partial charge in [0.25, 0.3) is 0 Å². The fraction of sp³-hybridized carbons (Fsp3) is 0.857. The summed E-state index contributed by atoms with van der Waals surface area (Å²) in [6, 6.07) is 0. The zero-order chi connectivity index (χ0) is 26.1. The van der Waals surface area contributed by atoms with Crippen LogP contribution in [0.2, 0.25) is 0 Å². The first-order valence-corrected chi connectivity index (χ1v) is 13.8. The summed E-state index contributed by atoms with van der Waals surface area (Å²) in [6.07, 6.45) is -1.25. The largest absolute Gasteiger partial charge is 0.457 e. The molecule has 0 aromatic carbocycles. The highest BCUT2D eigenvalue weighted by atomic mass is 32.2. The van der Waals surface area contributed by atoms with Crippen molar-refractivity contribution in [2.24, 2.45) is 23.7 Å². The van der Waals surface area contributed by atoms with Gasteiger partial charge in [-0.05, 0) is 19.8 Å². The zero-order valence-electron chi connectivity index (χ0n) is 19.3. The number of aliphatic hydroxyl groups is 1. The van der Waals surface area contributed by atoms with Gasteiger partial charge >= 0.3 is 33.3 Å². The first-order valence-electron chi connectivity index (χ1n) is 11.4. The number of thioether (sulfide) groups is 1. The summed E-state index contributed by atoms with van der Waals surface area (Å²) in [5, 5.41) is 5.89. The van der Waals surface area contributed by atoms with Gasteiger partial charge in [-0.2, -0.15) is 17.2 Å². The van der Waals surface area contributed by atoms with Gasteiger partial charge in [0.15, 0.2) is 18.3 Å². The highest BCUT2D eigenvalue weighted by Crippen LogP contribution is 2.63. The molecule has 0 radical (unpaired) electrons. The quantitative estimate of drug-likeness (QED) is 0.261. The van der Waals surface area contributed by atoms with Crippen molar-refractivity contribution in [2.45, 2.75) is 86.1 Å². The molecule has 4 rings (SSSR count). The van der Waals surface area contributed by atoms with Crippen LogP contribution < -0.4 is 0 Å². The predicted octanol–water partition coefficient (Wildman–Crippen LogP) is 1.54. The van der Waals surface area contributed by atoms with Crippen molar-refractivity contribution in [1.82, 2.24) is 0 Å². The Labute approximate surface area is 205 Å². The van der Waals surface area contributed by atoms with E-state index in [1.54, 1.807) is 0 Å². The molecule has 35 heavy (non-hydrogen) atoms.